The van der Waals surface area contributed by atoms with Gasteiger partial charge in [0, 0.05) is 44.6 Å². The molecule has 3 heteroatoms. The summed E-state index contributed by atoms with van der Waals surface area (Å²) in [6.45, 7) is 20.2. The van der Waals surface area contributed by atoms with Gasteiger partial charge in [0.05, 0.1) is 5.70 Å². The van der Waals surface area contributed by atoms with Gasteiger partial charge in [0.2, 0.25) is 0 Å². The third-order valence-electron chi connectivity index (χ3n) is 7.53. The predicted octanol–water partition coefficient (Wildman–Crippen LogP) is 6.93. The third-order valence-corrected chi connectivity index (χ3v) is 7.53. The average Bonchev–Trinajstić information content (AvgIpc) is 2.89. The van der Waals surface area contributed by atoms with E-state index in [0.717, 1.165) is 38.0 Å². The quantitative estimate of drug-likeness (QED) is 0.184. The van der Waals surface area contributed by atoms with E-state index < -0.39 is 0 Å². The lowest BCUT2D eigenvalue weighted by Gasteiger charge is -2.37. The number of allylic oxidation sites excluding steroid dienone is 2. The Balaban J connectivity index is 1.45. The summed E-state index contributed by atoms with van der Waals surface area (Å²) in [6, 6.07) is 13.6. The van der Waals surface area contributed by atoms with Gasteiger partial charge in [-0.25, -0.2) is 0 Å². The van der Waals surface area contributed by atoms with E-state index in [1.807, 2.05) is 13.0 Å². The molecule has 3 rings (SSSR count). The Kier molecular flexibility index (Phi) is 10.7. The Labute approximate surface area is 220 Å². The summed E-state index contributed by atoms with van der Waals surface area (Å²) < 4.78 is 0. The first-order valence-corrected chi connectivity index (χ1v) is 13.6. The molecule has 0 N–H and O–H groups in total. The van der Waals surface area contributed by atoms with Crippen LogP contribution in [0, 0.1) is 25.7 Å². The smallest absolute Gasteiger partial charge is 0.0848 e. The van der Waals surface area contributed by atoms with E-state index in [1.165, 1.54) is 72.5 Å². The van der Waals surface area contributed by atoms with Crippen molar-refractivity contribution in [2.45, 2.75) is 59.3 Å². The maximum absolute atomic E-state index is 4.16. The van der Waals surface area contributed by atoms with Crippen LogP contribution in [0.5, 0.6) is 0 Å². The first-order chi connectivity index (χ1) is 17.4. The SMILES string of the molecule is C=CCCc1ccc(CCCCCN2CCN(c3cccc(C)c3C)CC2)cc1N(C)C(=C)C#CC. The van der Waals surface area contributed by atoms with E-state index in [1.54, 1.807) is 0 Å². The number of hydrogen-bond donors (Lipinski definition) is 0. The Morgan fingerprint density at radius 2 is 1.81 bits per heavy atom. The predicted molar refractivity (Wildman–Crippen MR) is 158 cm³/mol. The molecule has 0 saturated carbocycles. The number of piperazine rings is 1. The molecular formula is C33H45N3. The molecule has 0 spiro atoms. The number of anilines is 2. The molecular weight excluding hydrogens is 438 g/mol. The maximum Gasteiger partial charge on any atom is 0.0848 e. The van der Waals surface area contributed by atoms with Gasteiger partial charge in [-0.2, -0.15) is 0 Å². The number of rotatable bonds is 12. The molecule has 1 fully saturated rings. The van der Waals surface area contributed by atoms with Crippen LogP contribution >= 0.6 is 0 Å². The van der Waals surface area contributed by atoms with Crippen molar-refractivity contribution in [3.63, 3.8) is 0 Å². The average molecular weight is 484 g/mol. The van der Waals surface area contributed by atoms with Gasteiger partial charge in [0.1, 0.15) is 0 Å². The summed E-state index contributed by atoms with van der Waals surface area (Å²) in [7, 11) is 2.07. The molecule has 36 heavy (non-hydrogen) atoms. The molecule has 1 saturated heterocycles. The molecule has 0 unspecified atom stereocenters. The first-order valence-electron chi connectivity index (χ1n) is 13.6. The minimum atomic E-state index is 0.840. The number of aryl methyl sites for hydroxylation is 3. The molecule has 0 radical (unpaired) electrons. The molecule has 1 aliphatic rings. The van der Waals surface area contributed by atoms with Crippen molar-refractivity contribution in [2.75, 3.05) is 49.6 Å². The van der Waals surface area contributed by atoms with Gasteiger partial charge in [0.15, 0.2) is 0 Å². The van der Waals surface area contributed by atoms with E-state index >= 15 is 0 Å². The number of hydrogen-bond acceptors (Lipinski definition) is 3. The van der Waals surface area contributed by atoms with Crippen molar-refractivity contribution < 1.29 is 0 Å². The van der Waals surface area contributed by atoms with Crippen LogP contribution < -0.4 is 9.80 Å². The van der Waals surface area contributed by atoms with Gasteiger partial charge in [-0.3, -0.25) is 4.90 Å². The molecule has 2 aromatic carbocycles. The summed E-state index contributed by atoms with van der Waals surface area (Å²) in [6.07, 6.45) is 8.85. The lowest BCUT2D eigenvalue weighted by atomic mass is 10.00. The fraction of sp³-hybridized carbons (Fsp3) is 0.455. The Morgan fingerprint density at radius 3 is 2.53 bits per heavy atom. The van der Waals surface area contributed by atoms with Crippen molar-refractivity contribution in [1.29, 1.82) is 0 Å². The molecule has 0 bridgehead atoms. The summed E-state index contributed by atoms with van der Waals surface area (Å²) in [5.41, 5.74) is 9.03. The molecule has 0 amide bonds. The fourth-order valence-corrected chi connectivity index (χ4v) is 5.05. The number of unbranched alkanes of at least 4 members (excludes halogenated alkanes) is 2. The second-order valence-corrected chi connectivity index (χ2v) is 10.0. The van der Waals surface area contributed by atoms with Gasteiger partial charge in [-0.05, 0) is 99.7 Å². The molecule has 2 aromatic rings. The highest BCUT2D eigenvalue weighted by Crippen LogP contribution is 2.27. The molecule has 192 valence electrons. The van der Waals surface area contributed by atoms with Crippen LogP contribution in [0.1, 0.15) is 54.9 Å². The lowest BCUT2D eigenvalue weighted by molar-refractivity contribution is 0.252. The Bertz CT molecular complexity index is 1080. The van der Waals surface area contributed by atoms with Crippen molar-refractivity contribution in [2.24, 2.45) is 0 Å². The fourth-order valence-electron chi connectivity index (χ4n) is 5.05. The van der Waals surface area contributed by atoms with Crippen LogP contribution in [-0.2, 0) is 12.8 Å². The van der Waals surface area contributed by atoms with E-state index in [-0.39, 0.29) is 0 Å². The van der Waals surface area contributed by atoms with Crippen LogP contribution in [-0.4, -0.2) is 44.7 Å². The zero-order chi connectivity index (χ0) is 25.9. The summed E-state index contributed by atoms with van der Waals surface area (Å²) in [5.74, 6) is 6.08. The molecule has 0 aromatic heterocycles. The van der Waals surface area contributed by atoms with E-state index in [0.29, 0.717) is 0 Å². The maximum atomic E-state index is 4.16. The van der Waals surface area contributed by atoms with Crippen molar-refractivity contribution in [1.82, 2.24) is 4.90 Å². The van der Waals surface area contributed by atoms with Crippen LogP contribution in [0.3, 0.4) is 0 Å². The van der Waals surface area contributed by atoms with Gasteiger partial charge in [0.25, 0.3) is 0 Å². The summed E-state index contributed by atoms with van der Waals surface area (Å²) in [4.78, 5) is 7.34. The van der Waals surface area contributed by atoms with Gasteiger partial charge in [-0.15, -0.1) is 6.58 Å². The summed E-state index contributed by atoms with van der Waals surface area (Å²) in [5, 5.41) is 0. The van der Waals surface area contributed by atoms with Crippen LogP contribution in [0.25, 0.3) is 0 Å². The van der Waals surface area contributed by atoms with E-state index in [9.17, 15) is 0 Å². The highest BCUT2D eigenvalue weighted by atomic mass is 15.3. The number of benzene rings is 2. The largest absolute Gasteiger partial charge is 0.369 e. The van der Waals surface area contributed by atoms with Crippen molar-refractivity contribution >= 4 is 11.4 Å². The zero-order valence-corrected chi connectivity index (χ0v) is 23.1. The third kappa shape index (κ3) is 7.52. The standard InChI is InChI=1S/C33H45N3/c1-7-9-17-31-20-19-30(26-33(31)34(6)28(4)14-8-2)16-11-10-12-21-35-22-24-36(25-23-35)32-18-13-15-27(3)29(32)5/h7,13,15,18-20,26H,1,4,9-12,16-17,21-25H2,2-3,5-6H3. The Hall–Kier alpha value is -2.96. The topological polar surface area (TPSA) is 9.72 Å². The van der Waals surface area contributed by atoms with Crippen LogP contribution in [0.2, 0.25) is 0 Å². The molecule has 3 nitrogen and oxygen atoms in total. The van der Waals surface area contributed by atoms with Gasteiger partial charge >= 0.3 is 0 Å². The monoisotopic (exact) mass is 483 g/mol. The second-order valence-electron chi connectivity index (χ2n) is 10.0. The van der Waals surface area contributed by atoms with Gasteiger partial charge in [-0.1, -0.05) is 49.3 Å². The summed E-state index contributed by atoms with van der Waals surface area (Å²) >= 11 is 0. The molecule has 0 atom stereocenters. The van der Waals surface area contributed by atoms with E-state index in [4.69, 9.17) is 0 Å². The second kappa shape index (κ2) is 14.0. The number of nitrogens with zero attached hydrogens (tertiary/aromatic N) is 3. The molecule has 1 aliphatic heterocycles. The zero-order valence-electron chi connectivity index (χ0n) is 23.1. The minimum absolute atomic E-state index is 0.840. The normalized spacial score (nSPS) is 13.7. The van der Waals surface area contributed by atoms with E-state index in [2.05, 4.69) is 97.0 Å². The van der Waals surface area contributed by atoms with Crippen molar-refractivity contribution in [3.8, 4) is 11.8 Å². The van der Waals surface area contributed by atoms with Gasteiger partial charge < -0.3 is 9.80 Å². The highest BCUT2D eigenvalue weighted by molar-refractivity contribution is 5.61. The van der Waals surface area contributed by atoms with Crippen molar-refractivity contribution in [3.05, 3.63) is 83.6 Å². The lowest BCUT2D eigenvalue weighted by Crippen LogP contribution is -2.46. The minimum Gasteiger partial charge on any atom is -0.369 e. The first kappa shape index (κ1) is 27.6. The highest BCUT2D eigenvalue weighted by Gasteiger charge is 2.18. The molecule has 0 aliphatic carbocycles. The van der Waals surface area contributed by atoms with Crippen LogP contribution in [0.15, 0.2) is 61.3 Å². The van der Waals surface area contributed by atoms with Crippen LogP contribution in [0.4, 0.5) is 11.4 Å². The molecule has 1 heterocycles. The Morgan fingerprint density at radius 1 is 1.03 bits per heavy atom.